The Bertz CT molecular complexity index is 1590. The highest BCUT2D eigenvalue weighted by atomic mass is 32.2. The Kier molecular flexibility index (Phi) is 13.0. The zero-order valence-corrected chi connectivity index (χ0v) is 32.6. The third-order valence-electron chi connectivity index (χ3n) is 10.7. The maximum atomic E-state index is 14.6. The SMILES string of the molecule is C=CCNC(=O)C(=O)C(CC1CC1)NC(=O)[C@@H]1[C@H](C(C)(C)C)CCN1C(=O)[C@@H](NC(=O)NC1(CS(=O)(=O)c2ccccc2)CCCCC1)C(C)(C)C. The summed E-state index contributed by atoms with van der Waals surface area (Å²) in [6.45, 7) is 15.4. The van der Waals surface area contributed by atoms with Crippen LogP contribution in [0.4, 0.5) is 4.79 Å². The average Bonchev–Trinajstić information content (AvgIpc) is 3.77. The van der Waals surface area contributed by atoms with Crippen LogP contribution in [0.5, 0.6) is 0 Å². The summed E-state index contributed by atoms with van der Waals surface area (Å²) in [6, 6.07) is 4.49. The number of Topliss-reactive ketones (excluding diaryl/α,β-unsaturated/α-hetero) is 1. The topological polar surface area (TPSA) is 171 Å². The minimum atomic E-state index is -3.73. The van der Waals surface area contributed by atoms with Crippen molar-refractivity contribution >= 4 is 39.4 Å². The molecule has 288 valence electrons. The molecule has 5 amide bonds. The van der Waals surface area contributed by atoms with E-state index in [0.717, 1.165) is 32.1 Å². The lowest BCUT2D eigenvalue weighted by atomic mass is 9.75. The molecule has 1 aromatic carbocycles. The van der Waals surface area contributed by atoms with Gasteiger partial charge in [-0.2, -0.15) is 0 Å². The van der Waals surface area contributed by atoms with Gasteiger partial charge < -0.3 is 26.2 Å². The number of ketones is 1. The zero-order chi connectivity index (χ0) is 38.5. The van der Waals surface area contributed by atoms with Gasteiger partial charge in [0.05, 0.1) is 22.2 Å². The first kappa shape index (κ1) is 41.0. The van der Waals surface area contributed by atoms with E-state index < -0.39 is 73.9 Å². The van der Waals surface area contributed by atoms with Crippen LogP contribution >= 0.6 is 0 Å². The van der Waals surface area contributed by atoms with Crippen LogP contribution in [0.15, 0.2) is 47.9 Å². The highest BCUT2D eigenvalue weighted by Gasteiger charge is 2.50. The number of hydrogen-bond donors (Lipinski definition) is 4. The first-order chi connectivity index (χ1) is 24.3. The number of rotatable bonds is 14. The van der Waals surface area contributed by atoms with Crippen LogP contribution in [0, 0.1) is 22.7 Å². The largest absolute Gasteiger partial charge is 0.346 e. The summed E-state index contributed by atoms with van der Waals surface area (Å²) >= 11 is 0. The van der Waals surface area contributed by atoms with E-state index in [9.17, 15) is 32.4 Å². The fraction of sp³-hybridized carbons (Fsp3) is 0.667. The maximum Gasteiger partial charge on any atom is 0.315 e. The Labute approximate surface area is 309 Å². The van der Waals surface area contributed by atoms with Crippen molar-refractivity contribution < 1.29 is 32.4 Å². The minimum Gasteiger partial charge on any atom is -0.346 e. The van der Waals surface area contributed by atoms with Gasteiger partial charge in [0.1, 0.15) is 12.1 Å². The molecule has 1 aliphatic heterocycles. The molecule has 4 rings (SSSR count). The van der Waals surface area contributed by atoms with Crippen molar-refractivity contribution in [2.24, 2.45) is 22.7 Å². The van der Waals surface area contributed by atoms with Gasteiger partial charge in [-0.15, -0.1) is 6.58 Å². The molecule has 0 aromatic heterocycles. The monoisotopic (exact) mass is 741 g/mol. The Balaban J connectivity index is 1.57. The summed E-state index contributed by atoms with van der Waals surface area (Å²) in [5.74, 6) is -2.80. The average molecular weight is 742 g/mol. The smallest absolute Gasteiger partial charge is 0.315 e. The lowest BCUT2D eigenvalue weighted by molar-refractivity contribution is -0.145. The summed E-state index contributed by atoms with van der Waals surface area (Å²) in [5, 5.41) is 11.3. The number of urea groups is 1. The second-order valence-corrected chi connectivity index (χ2v) is 19.1. The standard InChI is InChI=1S/C39H59N5O7S/c1-8-22-40-34(47)31(45)29(24-26-17-18-26)41-33(46)30-28(37(2,3)4)19-23-44(30)35(48)32(38(5,6)7)42-36(49)43-39(20-13-10-14-21-39)25-52(50,51)27-15-11-9-12-16-27/h8-9,11-12,15-16,26,28-30,32H,1,10,13-14,17-25H2,2-7H3,(H,40,47)(H,41,46)(H2,42,43,49)/t28-,29?,30+,32-/m1/s1. The highest BCUT2D eigenvalue weighted by Crippen LogP contribution is 2.40. The third kappa shape index (κ3) is 10.4. The molecule has 2 aliphatic carbocycles. The second kappa shape index (κ2) is 16.5. The van der Waals surface area contributed by atoms with E-state index in [1.165, 1.54) is 11.0 Å². The van der Waals surface area contributed by atoms with E-state index >= 15 is 0 Å². The van der Waals surface area contributed by atoms with E-state index in [2.05, 4.69) is 27.8 Å². The molecule has 4 atom stereocenters. The number of sulfone groups is 1. The minimum absolute atomic E-state index is 0.115. The number of carbonyl (C=O) groups is 5. The number of amides is 5. The Morgan fingerprint density at radius 3 is 2.13 bits per heavy atom. The maximum absolute atomic E-state index is 14.6. The van der Waals surface area contributed by atoms with Gasteiger partial charge in [0.15, 0.2) is 9.84 Å². The van der Waals surface area contributed by atoms with Gasteiger partial charge in [0, 0.05) is 13.1 Å². The highest BCUT2D eigenvalue weighted by molar-refractivity contribution is 7.91. The van der Waals surface area contributed by atoms with E-state index in [1.807, 2.05) is 41.5 Å². The van der Waals surface area contributed by atoms with Gasteiger partial charge >= 0.3 is 6.03 Å². The lowest BCUT2D eigenvalue weighted by Gasteiger charge is -2.40. The molecular weight excluding hydrogens is 683 g/mol. The van der Waals surface area contributed by atoms with Crippen molar-refractivity contribution in [1.82, 2.24) is 26.2 Å². The molecule has 12 nitrogen and oxygen atoms in total. The molecule has 1 saturated heterocycles. The third-order valence-corrected chi connectivity index (χ3v) is 12.7. The number of benzene rings is 1. The van der Waals surface area contributed by atoms with E-state index in [1.54, 1.807) is 30.3 Å². The quantitative estimate of drug-likeness (QED) is 0.163. The molecule has 4 N–H and O–H groups in total. The predicted molar refractivity (Wildman–Crippen MR) is 200 cm³/mol. The van der Waals surface area contributed by atoms with Crippen LogP contribution < -0.4 is 21.3 Å². The molecule has 1 heterocycles. The normalized spacial score (nSPS) is 21.7. The molecule has 1 unspecified atom stereocenters. The summed E-state index contributed by atoms with van der Waals surface area (Å²) < 4.78 is 27.0. The summed E-state index contributed by atoms with van der Waals surface area (Å²) in [4.78, 5) is 70.3. The summed E-state index contributed by atoms with van der Waals surface area (Å²) in [5.41, 5.74) is -2.20. The number of hydrogen-bond acceptors (Lipinski definition) is 7. The van der Waals surface area contributed by atoms with Crippen molar-refractivity contribution in [2.75, 3.05) is 18.8 Å². The Morgan fingerprint density at radius 1 is 0.942 bits per heavy atom. The molecule has 0 bridgehead atoms. The van der Waals surface area contributed by atoms with Gasteiger partial charge in [0.2, 0.25) is 17.6 Å². The number of nitrogens with one attached hydrogen (secondary N) is 4. The van der Waals surface area contributed by atoms with Crippen LogP contribution in [-0.4, -0.2) is 85.4 Å². The first-order valence-electron chi connectivity index (χ1n) is 18.7. The number of nitrogens with zero attached hydrogens (tertiary/aromatic N) is 1. The van der Waals surface area contributed by atoms with Gasteiger partial charge in [-0.05, 0) is 60.5 Å². The molecule has 0 radical (unpaired) electrons. The zero-order valence-electron chi connectivity index (χ0n) is 31.8. The molecule has 3 fully saturated rings. The summed E-state index contributed by atoms with van der Waals surface area (Å²) in [6.07, 6.45) is 7.55. The number of carbonyl (C=O) groups excluding carboxylic acids is 5. The van der Waals surface area contributed by atoms with Crippen LogP contribution in [0.3, 0.4) is 0 Å². The van der Waals surface area contributed by atoms with Gasteiger partial charge in [0.25, 0.3) is 5.91 Å². The first-order valence-corrected chi connectivity index (χ1v) is 20.3. The molecule has 13 heteroatoms. The Morgan fingerprint density at radius 2 is 1.58 bits per heavy atom. The molecule has 52 heavy (non-hydrogen) atoms. The Hall–Kier alpha value is -3.74. The van der Waals surface area contributed by atoms with E-state index in [-0.39, 0.29) is 35.6 Å². The molecule has 1 aromatic rings. The summed E-state index contributed by atoms with van der Waals surface area (Å²) in [7, 11) is -3.73. The molecular formula is C39H59N5O7S. The van der Waals surface area contributed by atoms with Gasteiger partial charge in [-0.1, -0.05) is 97.9 Å². The van der Waals surface area contributed by atoms with Crippen molar-refractivity contribution in [1.29, 1.82) is 0 Å². The van der Waals surface area contributed by atoms with Crippen molar-refractivity contribution in [2.45, 2.75) is 128 Å². The second-order valence-electron chi connectivity index (χ2n) is 17.2. The molecule has 0 spiro atoms. The number of likely N-dealkylation sites (tertiary alicyclic amines) is 1. The van der Waals surface area contributed by atoms with E-state index in [0.29, 0.717) is 25.7 Å². The van der Waals surface area contributed by atoms with Crippen molar-refractivity contribution in [3.63, 3.8) is 0 Å². The molecule has 3 aliphatic rings. The van der Waals surface area contributed by atoms with Crippen molar-refractivity contribution in [3.05, 3.63) is 43.0 Å². The van der Waals surface area contributed by atoms with Crippen LogP contribution in [0.1, 0.15) is 99.3 Å². The van der Waals surface area contributed by atoms with Gasteiger partial charge in [-0.3, -0.25) is 19.2 Å². The predicted octanol–water partition coefficient (Wildman–Crippen LogP) is 4.30. The van der Waals surface area contributed by atoms with Crippen LogP contribution in [0.2, 0.25) is 0 Å². The fourth-order valence-corrected chi connectivity index (χ4v) is 9.51. The van der Waals surface area contributed by atoms with E-state index in [4.69, 9.17) is 0 Å². The molecule has 2 saturated carbocycles. The lowest BCUT2D eigenvalue weighted by Crippen LogP contribution is -2.63. The fourth-order valence-electron chi connectivity index (χ4n) is 7.69. The van der Waals surface area contributed by atoms with Crippen molar-refractivity contribution in [3.8, 4) is 0 Å². The van der Waals surface area contributed by atoms with Gasteiger partial charge in [-0.25, -0.2) is 13.2 Å². The van der Waals surface area contributed by atoms with Crippen LogP contribution in [-0.2, 0) is 29.0 Å². The van der Waals surface area contributed by atoms with Crippen LogP contribution in [0.25, 0.3) is 0 Å².